The van der Waals surface area contributed by atoms with Crippen LogP contribution in [0, 0.1) is 6.92 Å². The Morgan fingerprint density at radius 2 is 1.86 bits per heavy atom. The van der Waals surface area contributed by atoms with E-state index in [1.165, 1.54) is 0 Å². The molecule has 2 amide bonds. The van der Waals surface area contributed by atoms with E-state index in [4.69, 9.17) is 4.74 Å². The van der Waals surface area contributed by atoms with Crippen molar-refractivity contribution in [3.05, 3.63) is 80.8 Å². The number of nitrogens with zero attached hydrogens (tertiary/aromatic N) is 2. The van der Waals surface area contributed by atoms with E-state index in [-0.39, 0.29) is 11.8 Å². The molecule has 3 rings (SSSR count). The van der Waals surface area contributed by atoms with Crippen molar-refractivity contribution in [2.24, 2.45) is 0 Å². The average molecular weight is 523 g/mol. The summed E-state index contributed by atoms with van der Waals surface area (Å²) < 4.78 is 5.26. The van der Waals surface area contributed by atoms with Gasteiger partial charge < -0.3 is 20.3 Å². The summed E-state index contributed by atoms with van der Waals surface area (Å²) in [6.07, 6.45) is 2.39. The number of methoxy groups -OCH3 is 1. The van der Waals surface area contributed by atoms with Crippen LogP contribution < -0.4 is 15.4 Å². The second kappa shape index (κ2) is 14.5. The van der Waals surface area contributed by atoms with Crippen LogP contribution in [-0.4, -0.2) is 48.4 Å². The minimum Gasteiger partial charge on any atom is -0.497 e. The van der Waals surface area contributed by atoms with Crippen molar-refractivity contribution in [1.82, 2.24) is 20.5 Å². The van der Waals surface area contributed by atoms with Crippen molar-refractivity contribution < 1.29 is 14.3 Å². The highest BCUT2D eigenvalue weighted by atomic mass is 32.1. The number of ether oxygens (including phenoxy) is 1. The van der Waals surface area contributed by atoms with Crippen LogP contribution in [0.3, 0.4) is 0 Å². The van der Waals surface area contributed by atoms with E-state index in [1.807, 2.05) is 54.5 Å². The number of carbonyl (C=O) groups excluding carboxylic acids is 2. The number of carbonyl (C=O) groups is 2. The van der Waals surface area contributed by atoms with Crippen molar-refractivity contribution in [1.29, 1.82) is 0 Å². The van der Waals surface area contributed by atoms with Crippen molar-refractivity contribution in [2.45, 2.75) is 53.1 Å². The quantitative estimate of drug-likeness (QED) is 0.292. The molecule has 198 valence electrons. The van der Waals surface area contributed by atoms with E-state index in [9.17, 15) is 9.59 Å². The molecule has 3 aromatic rings. The molecule has 0 aliphatic heterocycles. The summed E-state index contributed by atoms with van der Waals surface area (Å²) in [7, 11) is 1.66. The first-order valence-corrected chi connectivity index (χ1v) is 13.8. The van der Waals surface area contributed by atoms with Gasteiger partial charge in [0.15, 0.2) is 0 Å². The van der Waals surface area contributed by atoms with E-state index in [1.54, 1.807) is 24.5 Å². The molecule has 0 saturated carbocycles. The third kappa shape index (κ3) is 8.68. The maximum Gasteiger partial charge on any atom is 0.254 e. The monoisotopic (exact) mass is 522 g/mol. The molecule has 0 atom stereocenters. The lowest BCUT2D eigenvalue weighted by Crippen LogP contribution is -2.32. The van der Waals surface area contributed by atoms with Gasteiger partial charge in [0.1, 0.15) is 10.8 Å². The Morgan fingerprint density at radius 3 is 2.57 bits per heavy atom. The second-order valence-corrected chi connectivity index (χ2v) is 9.96. The fourth-order valence-corrected chi connectivity index (χ4v) is 4.81. The second-order valence-electron chi connectivity index (χ2n) is 9.02. The van der Waals surface area contributed by atoms with Gasteiger partial charge in [-0.05, 0) is 74.2 Å². The van der Waals surface area contributed by atoms with Crippen molar-refractivity contribution in [3.8, 4) is 5.75 Å². The first-order chi connectivity index (χ1) is 17.9. The molecule has 2 N–H and O–H groups in total. The Balaban J connectivity index is 1.56. The first-order valence-electron chi connectivity index (χ1n) is 12.9. The van der Waals surface area contributed by atoms with E-state index >= 15 is 0 Å². The summed E-state index contributed by atoms with van der Waals surface area (Å²) in [4.78, 5) is 32.7. The van der Waals surface area contributed by atoms with Gasteiger partial charge in [-0.25, -0.2) is 4.98 Å². The lowest BCUT2D eigenvalue weighted by molar-refractivity contribution is 0.0743. The highest BCUT2D eigenvalue weighted by Gasteiger charge is 2.19. The minimum absolute atomic E-state index is 0.0687. The first kappa shape index (κ1) is 28.3. The molecule has 0 aliphatic rings. The molecule has 8 heteroatoms. The lowest BCUT2D eigenvalue weighted by atomic mass is 10.0. The highest BCUT2D eigenvalue weighted by molar-refractivity contribution is 7.09. The zero-order valence-electron chi connectivity index (χ0n) is 22.3. The highest BCUT2D eigenvalue weighted by Crippen LogP contribution is 2.18. The van der Waals surface area contributed by atoms with Gasteiger partial charge in [-0.15, -0.1) is 11.3 Å². The van der Waals surface area contributed by atoms with Crippen LogP contribution >= 0.6 is 11.3 Å². The molecular formula is C29H38N4O3S. The molecule has 0 spiro atoms. The van der Waals surface area contributed by atoms with Crippen LogP contribution in [0.25, 0.3) is 0 Å². The van der Waals surface area contributed by atoms with E-state index in [2.05, 4.69) is 28.6 Å². The topological polar surface area (TPSA) is 83.6 Å². The molecule has 37 heavy (non-hydrogen) atoms. The van der Waals surface area contributed by atoms with Gasteiger partial charge in [-0.1, -0.05) is 26.0 Å². The molecule has 1 aromatic heterocycles. The molecule has 1 heterocycles. The van der Waals surface area contributed by atoms with Crippen molar-refractivity contribution in [2.75, 3.05) is 26.7 Å². The molecule has 0 unspecified atom stereocenters. The zero-order chi connectivity index (χ0) is 26.6. The number of hydrogen-bond donors (Lipinski definition) is 2. The van der Waals surface area contributed by atoms with Crippen LogP contribution in [0.1, 0.15) is 69.2 Å². The van der Waals surface area contributed by atoms with E-state index < -0.39 is 0 Å². The van der Waals surface area contributed by atoms with E-state index in [0.29, 0.717) is 30.8 Å². The van der Waals surface area contributed by atoms with Gasteiger partial charge in [-0.2, -0.15) is 0 Å². The fourth-order valence-electron chi connectivity index (χ4n) is 4.03. The Hall–Kier alpha value is -3.23. The zero-order valence-corrected chi connectivity index (χ0v) is 23.1. The molecule has 0 bridgehead atoms. The van der Waals surface area contributed by atoms with Crippen molar-refractivity contribution in [3.63, 3.8) is 0 Å². The average Bonchev–Trinajstić information content (AvgIpc) is 3.33. The van der Waals surface area contributed by atoms with Gasteiger partial charge in [0.2, 0.25) is 0 Å². The van der Waals surface area contributed by atoms with Gasteiger partial charge in [0.25, 0.3) is 11.8 Å². The molecule has 0 radical (unpaired) electrons. The number of amides is 2. The van der Waals surface area contributed by atoms with Crippen LogP contribution in [0.2, 0.25) is 0 Å². The van der Waals surface area contributed by atoms with Crippen molar-refractivity contribution >= 4 is 23.2 Å². The Labute approximate surface area is 224 Å². The summed E-state index contributed by atoms with van der Waals surface area (Å²) in [5.74, 6) is 0.616. The van der Waals surface area contributed by atoms with Gasteiger partial charge in [0.05, 0.1) is 13.7 Å². The molecule has 0 fully saturated rings. The molecular weight excluding hydrogens is 484 g/mol. The number of benzene rings is 2. The summed E-state index contributed by atoms with van der Waals surface area (Å²) in [6.45, 7) is 9.22. The maximum atomic E-state index is 13.4. The molecule has 7 nitrogen and oxygen atoms in total. The molecule has 0 saturated heterocycles. The number of aromatic nitrogens is 1. The predicted molar refractivity (Wildman–Crippen MR) is 149 cm³/mol. The fraction of sp³-hybridized carbons (Fsp3) is 0.414. The standard InChI is InChI=1S/C29H38N4O3S/c1-5-13-33(19-27-32-21(3)20-37-27)29(35)25-15-22(6-2)14-24(17-25)28(34)31-12-8-11-30-18-23-9-7-10-26(16-23)36-4/h7,9-10,14-17,20,30H,5-6,8,11-13,18-19H2,1-4H3,(H,31,34). The minimum atomic E-state index is -0.158. The lowest BCUT2D eigenvalue weighted by Gasteiger charge is -2.22. The van der Waals surface area contributed by atoms with Crippen LogP contribution in [0.5, 0.6) is 5.75 Å². The summed E-state index contributed by atoms with van der Waals surface area (Å²) in [6, 6.07) is 13.5. The summed E-state index contributed by atoms with van der Waals surface area (Å²) >= 11 is 1.57. The summed E-state index contributed by atoms with van der Waals surface area (Å²) in [5.41, 5.74) is 4.16. The Kier molecular flexibility index (Phi) is 11.1. The SMILES string of the molecule is CCCN(Cc1nc(C)cs1)C(=O)c1cc(CC)cc(C(=O)NCCCNCc2cccc(OC)c2)c1. The number of thiazole rings is 1. The Morgan fingerprint density at radius 1 is 1.05 bits per heavy atom. The van der Waals surface area contributed by atoms with Gasteiger partial charge >= 0.3 is 0 Å². The Bertz CT molecular complexity index is 1180. The van der Waals surface area contributed by atoms with Crippen LogP contribution in [0.4, 0.5) is 0 Å². The number of aryl methyl sites for hydroxylation is 2. The maximum absolute atomic E-state index is 13.4. The van der Waals surface area contributed by atoms with Gasteiger partial charge in [0, 0.05) is 41.8 Å². The predicted octanol–water partition coefficient (Wildman–Crippen LogP) is 4.98. The van der Waals surface area contributed by atoms with E-state index in [0.717, 1.165) is 59.9 Å². The van der Waals surface area contributed by atoms with Crippen LogP contribution in [-0.2, 0) is 19.5 Å². The number of hydrogen-bond acceptors (Lipinski definition) is 6. The smallest absolute Gasteiger partial charge is 0.254 e. The largest absolute Gasteiger partial charge is 0.497 e. The number of rotatable bonds is 14. The third-order valence-corrected chi connectivity index (χ3v) is 6.91. The molecule has 0 aliphatic carbocycles. The summed E-state index contributed by atoms with van der Waals surface area (Å²) in [5, 5.41) is 9.31. The van der Waals surface area contributed by atoms with Crippen LogP contribution in [0.15, 0.2) is 47.8 Å². The normalized spacial score (nSPS) is 10.8. The number of nitrogens with one attached hydrogen (secondary N) is 2. The third-order valence-electron chi connectivity index (χ3n) is 5.96. The molecule has 2 aromatic carbocycles. The van der Waals surface area contributed by atoms with Gasteiger partial charge in [-0.3, -0.25) is 9.59 Å².